The first-order valence-electron chi connectivity index (χ1n) is 11.8. The van der Waals surface area contributed by atoms with E-state index in [9.17, 15) is 13.2 Å². The molecule has 0 saturated heterocycles. The SMILES string of the molecule is C#CCn1c(=NC(=O)c2ccc(S(=O)(=O)N(CC)Cc3ccccc3)cc2)sc2cc(OCC)ccc21. The second kappa shape index (κ2) is 11.6. The highest BCUT2D eigenvalue weighted by atomic mass is 32.2. The van der Waals surface area contributed by atoms with Crippen LogP contribution in [0.25, 0.3) is 10.2 Å². The molecule has 190 valence electrons. The molecule has 3 aromatic carbocycles. The van der Waals surface area contributed by atoms with Gasteiger partial charge in [0.25, 0.3) is 5.91 Å². The second-order valence-electron chi connectivity index (χ2n) is 8.10. The molecule has 9 heteroatoms. The summed E-state index contributed by atoms with van der Waals surface area (Å²) in [4.78, 5) is 17.9. The lowest BCUT2D eigenvalue weighted by Crippen LogP contribution is -2.30. The summed E-state index contributed by atoms with van der Waals surface area (Å²) >= 11 is 1.34. The summed E-state index contributed by atoms with van der Waals surface area (Å²) in [5, 5.41) is 0. The zero-order chi connectivity index (χ0) is 26.4. The molecule has 7 nitrogen and oxygen atoms in total. The number of hydrogen-bond donors (Lipinski definition) is 0. The Morgan fingerprint density at radius 1 is 1.08 bits per heavy atom. The van der Waals surface area contributed by atoms with Crippen LogP contribution in [0.5, 0.6) is 5.75 Å². The molecule has 0 bridgehead atoms. The van der Waals surface area contributed by atoms with Gasteiger partial charge in [-0.1, -0.05) is 54.5 Å². The van der Waals surface area contributed by atoms with E-state index in [2.05, 4.69) is 10.9 Å². The molecule has 4 aromatic rings. The zero-order valence-corrected chi connectivity index (χ0v) is 22.3. The van der Waals surface area contributed by atoms with E-state index in [1.165, 1.54) is 39.9 Å². The van der Waals surface area contributed by atoms with Crippen LogP contribution in [0, 0.1) is 12.3 Å². The van der Waals surface area contributed by atoms with Gasteiger partial charge < -0.3 is 9.30 Å². The number of sulfonamides is 1. The highest BCUT2D eigenvalue weighted by Gasteiger charge is 2.23. The van der Waals surface area contributed by atoms with E-state index < -0.39 is 15.9 Å². The monoisotopic (exact) mass is 533 g/mol. The highest BCUT2D eigenvalue weighted by molar-refractivity contribution is 7.89. The van der Waals surface area contributed by atoms with Crippen molar-refractivity contribution < 1.29 is 17.9 Å². The van der Waals surface area contributed by atoms with Crippen molar-refractivity contribution in [3.63, 3.8) is 0 Å². The van der Waals surface area contributed by atoms with Crippen LogP contribution in [0.4, 0.5) is 0 Å². The van der Waals surface area contributed by atoms with Gasteiger partial charge in [-0.2, -0.15) is 9.30 Å². The van der Waals surface area contributed by atoms with E-state index in [0.29, 0.717) is 18.0 Å². The number of benzene rings is 3. The Morgan fingerprint density at radius 2 is 1.81 bits per heavy atom. The standard InChI is InChI=1S/C28H27N3O4S2/c1-4-18-31-25-17-14-23(35-6-3)19-26(25)36-28(31)29-27(32)22-12-15-24(16-13-22)37(33,34)30(5-2)20-21-10-8-7-9-11-21/h1,7-17,19H,5-6,18,20H2,2-3H3. The number of thiazole rings is 1. The van der Waals surface area contributed by atoms with Gasteiger partial charge in [0.05, 0.1) is 28.3 Å². The average Bonchev–Trinajstić information content (AvgIpc) is 3.24. The normalized spacial score (nSPS) is 12.1. The Labute approximate surface area is 220 Å². The topological polar surface area (TPSA) is 81.0 Å². The number of rotatable bonds is 9. The molecule has 0 aliphatic rings. The van der Waals surface area contributed by atoms with Crippen molar-refractivity contribution in [2.24, 2.45) is 4.99 Å². The molecule has 37 heavy (non-hydrogen) atoms. The quantitative estimate of drug-likeness (QED) is 0.293. The first-order valence-corrected chi connectivity index (χ1v) is 14.1. The first-order chi connectivity index (χ1) is 17.9. The fourth-order valence-corrected chi connectivity index (χ4v) is 6.36. The highest BCUT2D eigenvalue weighted by Crippen LogP contribution is 2.24. The van der Waals surface area contributed by atoms with E-state index >= 15 is 0 Å². The van der Waals surface area contributed by atoms with Crippen molar-refractivity contribution in [1.29, 1.82) is 0 Å². The van der Waals surface area contributed by atoms with Crippen molar-refractivity contribution in [3.05, 3.63) is 88.7 Å². The average molecular weight is 534 g/mol. The number of ether oxygens (including phenoxy) is 1. The fourth-order valence-electron chi connectivity index (χ4n) is 3.86. The first kappa shape index (κ1) is 26.4. The van der Waals surface area contributed by atoms with Gasteiger partial charge in [0.2, 0.25) is 10.0 Å². The number of amides is 1. The minimum Gasteiger partial charge on any atom is -0.494 e. The summed E-state index contributed by atoms with van der Waals surface area (Å²) < 4.78 is 36.1. The van der Waals surface area contributed by atoms with Crippen LogP contribution in [0.3, 0.4) is 0 Å². The summed E-state index contributed by atoms with van der Waals surface area (Å²) in [6, 6.07) is 20.9. The maximum atomic E-state index is 13.2. The molecule has 1 aromatic heterocycles. The second-order valence-corrected chi connectivity index (χ2v) is 11.0. The molecular weight excluding hydrogens is 506 g/mol. The summed E-state index contributed by atoms with van der Waals surface area (Å²) in [6.45, 7) is 5.10. The Balaban J connectivity index is 1.62. The minimum absolute atomic E-state index is 0.120. The third kappa shape index (κ3) is 5.83. The van der Waals surface area contributed by atoms with Crippen LogP contribution in [-0.2, 0) is 23.1 Å². The summed E-state index contributed by atoms with van der Waals surface area (Å²) in [6.07, 6.45) is 5.56. The van der Waals surface area contributed by atoms with Crippen molar-refractivity contribution in [2.75, 3.05) is 13.2 Å². The summed E-state index contributed by atoms with van der Waals surface area (Å²) in [5.41, 5.74) is 2.04. The molecule has 0 aliphatic heterocycles. The lowest BCUT2D eigenvalue weighted by Gasteiger charge is -2.20. The van der Waals surface area contributed by atoms with Crippen molar-refractivity contribution >= 4 is 37.5 Å². The number of carbonyl (C=O) groups is 1. The van der Waals surface area contributed by atoms with Gasteiger partial charge in [0, 0.05) is 18.7 Å². The van der Waals surface area contributed by atoms with Crippen molar-refractivity contribution in [2.45, 2.75) is 31.8 Å². The Hall–Kier alpha value is -3.71. The number of hydrogen-bond acceptors (Lipinski definition) is 5. The Bertz CT molecular complexity index is 1610. The van der Waals surface area contributed by atoms with Crippen molar-refractivity contribution in [3.8, 4) is 18.1 Å². The van der Waals surface area contributed by atoms with Crippen LogP contribution in [0.15, 0.2) is 82.7 Å². The lowest BCUT2D eigenvalue weighted by atomic mass is 10.2. The van der Waals surface area contributed by atoms with E-state index in [1.54, 1.807) is 11.5 Å². The number of aromatic nitrogens is 1. The predicted molar refractivity (Wildman–Crippen MR) is 146 cm³/mol. The third-order valence-electron chi connectivity index (χ3n) is 5.71. The molecule has 1 amide bonds. The van der Waals surface area contributed by atoms with Gasteiger partial charge in [-0.3, -0.25) is 4.79 Å². The zero-order valence-electron chi connectivity index (χ0n) is 20.6. The van der Waals surface area contributed by atoms with Gasteiger partial charge >= 0.3 is 0 Å². The largest absolute Gasteiger partial charge is 0.494 e. The number of carbonyl (C=O) groups excluding carboxylic acids is 1. The number of terminal acetylenes is 1. The Morgan fingerprint density at radius 3 is 2.46 bits per heavy atom. The van der Waals surface area contributed by atoms with Gasteiger partial charge in [-0.25, -0.2) is 8.42 Å². The van der Waals surface area contributed by atoms with E-state index in [1.807, 2.05) is 55.5 Å². The smallest absolute Gasteiger partial charge is 0.279 e. The molecule has 0 spiro atoms. The van der Waals surface area contributed by atoms with Crippen LogP contribution >= 0.6 is 11.3 Å². The predicted octanol–water partition coefficient (Wildman–Crippen LogP) is 4.69. The van der Waals surface area contributed by atoms with Crippen LogP contribution < -0.4 is 9.54 Å². The molecular formula is C28H27N3O4S2. The summed E-state index contributed by atoms with van der Waals surface area (Å²) in [7, 11) is -3.74. The summed E-state index contributed by atoms with van der Waals surface area (Å²) in [5.74, 6) is 2.85. The van der Waals surface area contributed by atoms with Gasteiger partial charge in [0.15, 0.2) is 4.80 Å². The maximum absolute atomic E-state index is 13.2. The number of nitrogens with zero attached hydrogens (tertiary/aromatic N) is 3. The lowest BCUT2D eigenvalue weighted by molar-refractivity contribution is 0.0997. The van der Waals surface area contributed by atoms with Crippen molar-refractivity contribution in [1.82, 2.24) is 8.87 Å². The van der Waals surface area contributed by atoms with Gasteiger partial charge in [-0.05, 0) is 55.0 Å². The van der Waals surface area contributed by atoms with Gasteiger partial charge in [-0.15, -0.1) is 6.42 Å². The molecule has 0 saturated carbocycles. The molecule has 0 unspecified atom stereocenters. The molecule has 0 fully saturated rings. The van der Waals surface area contributed by atoms with Crippen LogP contribution in [0.2, 0.25) is 0 Å². The van der Waals surface area contributed by atoms with Crippen LogP contribution in [0.1, 0.15) is 29.8 Å². The number of fused-ring (bicyclic) bond motifs is 1. The molecule has 1 heterocycles. The molecule has 0 N–H and O–H groups in total. The Kier molecular flexibility index (Phi) is 8.24. The molecule has 4 rings (SSSR count). The minimum atomic E-state index is -3.74. The fraction of sp³-hybridized carbons (Fsp3) is 0.214. The van der Waals surface area contributed by atoms with Gasteiger partial charge in [0.1, 0.15) is 5.75 Å². The molecule has 0 atom stereocenters. The van der Waals surface area contributed by atoms with E-state index in [4.69, 9.17) is 11.2 Å². The van der Waals surface area contributed by atoms with Crippen LogP contribution in [-0.4, -0.2) is 36.3 Å². The van der Waals surface area contributed by atoms with E-state index in [-0.39, 0.29) is 23.5 Å². The van der Waals surface area contributed by atoms with E-state index in [0.717, 1.165) is 21.5 Å². The maximum Gasteiger partial charge on any atom is 0.279 e. The molecule has 0 aliphatic carbocycles. The molecule has 0 radical (unpaired) electrons. The third-order valence-corrected chi connectivity index (χ3v) is 8.68.